The van der Waals surface area contributed by atoms with Crippen LogP contribution in [0.4, 0.5) is 8.78 Å². The Hall–Kier alpha value is -1.04. The third-order valence-corrected chi connectivity index (χ3v) is 3.94. The van der Waals surface area contributed by atoms with Crippen molar-refractivity contribution in [3.05, 3.63) is 35.4 Å². The molecule has 1 fully saturated rings. The number of benzene rings is 1. The van der Waals surface area contributed by atoms with Gasteiger partial charge in [0.15, 0.2) is 11.6 Å². The van der Waals surface area contributed by atoms with Gasteiger partial charge in [0.1, 0.15) is 0 Å². The fourth-order valence-corrected chi connectivity index (χ4v) is 2.67. The van der Waals surface area contributed by atoms with E-state index in [4.69, 9.17) is 0 Å². The number of hydrogen-bond acceptors (Lipinski definition) is 3. The van der Waals surface area contributed by atoms with Crippen LogP contribution in [0.2, 0.25) is 0 Å². The third kappa shape index (κ3) is 3.98. The zero-order valence-corrected chi connectivity index (χ0v) is 11.4. The molecule has 1 saturated carbocycles. The molecule has 3 nitrogen and oxygen atoms in total. The Balaban J connectivity index is 1.79. The third-order valence-electron chi connectivity index (χ3n) is 3.94. The van der Waals surface area contributed by atoms with Gasteiger partial charge in [-0.15, -0.1) is 0 Å². The normalized spacial score (nSPS) is 24.6. The molecule has 112 valence electrons. The van der Waals surface area contributed by atoms with Gasteiger partial charge in [0.25, 0.3) is 0 Å². The fourth-order valence-electron chi connectivity index (χ4n) is 2.67. The van der Waals surface area contributed by atoms with Crippen LogP contribution < -0.4 is 5.32 Å². The van der Waals surface area contributed by atoms with Crippen LogP contribution in [0.15, 0.2) is 18.2 Å². The van der Waals surface area contributed by atoms with Gasteiger partial charge in [0.05, 0.1) is 12.2 Å². The van der Waals surface area contributed by atoms with Gasteiger partial charge < -0.3 is 15.5 Å². The molecule has 0 heterocycles. The van der Waals surface area contributed by atoms with Crippen LogP contribution >= 0.6 is 0 Å². The van der Waals surface area contributed by atoms with E-state index < -0.39 is 17.7 Å². The minimum atomic E-state index is -0.954. The quantitative estimate of drug-likeness (QED) is 0.777. The minimum Gasteiger partial charge on any atom is -0.393 e. The van der Waals surface area contributed by atoms with E-state index in [1.165, 1.54) is 6.07 Å². The molecule has 1 aliphatic rings. The maximum Gasteiger partial charge on any atom is 0.159 e. The van der Waals surface area contributed by atoms with Gasteiger partial charge in [0.2, 0.25) is 0 Å². The van der Waals surface area contributed by atoms with Crippen LogP contribution in [0, 0.1) is 17.6 Å². The molecular weight excluding hydrogens is 264 g/mol. The topological polar surface area (TPSA) is 52.5 Å². The first kappa shape index (κ1) is 15.4. The summed E-state index contributed by atoms with van der Waals surface area (Å²) in [6.07, 6.45) is 2.83. The van der Waals surface area contributed by atoms with Gasteiger partial charge in [-0.1, -0.05) is 18.9 Å². The van der Waals surface area contributed by atoms with Crippen molar-refractivity contribution in [1.82, 2.24) is 5.32 Å². The first-order valence-electron chi connectivity index (χ1n) is 7.09. The molecule has 3 unspecified atom stereocenters. The highest BCUT2D eigenvalue weighted by atomic mass is 19.2. The minimum absolute atomic E-state index is 0.209. The number of aliphatic hydroxyl groups excluding tert-OH is 2. The van der Waals surface area contributed by atoms with Crippen LogP contribution in [0.3, 0.4) is 0 Å². The molecule has 3 N–H and O–H groups in total. The average molecular weight is 285 g/mol. The molecule has 1 aliphatic carbocycles. The van der Waals surface area contributed by atoms with Gasteiger partial charge in [-0.2, -0.15) is 0 Å². The Bertz CT molecular complexity index is 442. The summed E-state index contributed by atoms with van der Waals surface area (Å²) in [5, 5.41) is 22.8. The van der Waals surface area contributed by atoms with Gasteiger partial charge in [-0.05, 0) is 36.5 Å². The van der Waals surface area contributed by atoms with Crippen LogP contribution in [0.1, 0.15) is 37.4 Å². The Labute approximate surface area is 117 Å². The molecule has 0 aromatic heterocycles. The van der Waals surface area contributed by atoms with E-state index in [1.54, 1.807) is 0 Å². The molecular formula is C15H21F2NO2. The monoisotopic (exact) mass is 285 g/mol. The first-order chi connectivity index (χ1) is 9.58. The molecule has 0 spiro atoms. The van der Waals surface area contributed by atoms with Gasteiger partial charge in [-0.25, -0.2) is 8.78 Å². The molecule has 5 heteroatoms. The van der Waals surface area contributed by atoms with Gasteiger partial charge >= 0.3 is 0 Å². The number of hydrogen-bond donors (Lipinski definition) is 3. The predicted octanol–water partition coefficient (Wildman–Crippen LogP) is 2.14. The van der Waals surface area contributed by atoms with Gasteiger partial charge in [0, 0.05) is 13.1 Å². The van der Waals surface area contributed by atoms with E-state index in [-0.39, 0.29) is 18.6 Å². The van der Waals surface area contributed by atoms with Crippen molar-refractivity contribution < 1.29 is 19.0 Å². The lowest BCUT2D eigenvalue weighted by Crippen LogP contribution is -2.35. The standard InChI is InChI=1S/C15H21F2NO2/c16-12-6-5-10(7-13(12)17)15(20)9-18-8-11-3-1-2-4-14(11)19/h5-7,11,14-15,18-20H,1-4,8-9H2. The first-order valence-corrected chi connectivity index (χ1v) is 7.09. The maximum atomic E-state index is 13.1. The van der Waals surface area contributed by atoms with Crippen molar-refractivity contribution in [2.24, 2.45) is 5.92 Å². The van der Waals surface area contributed by atoms with E-state index >= 15 is 0 Å². The van der Waals surface area contributed by atoms with Crippen molar-refractivity contribution in [3.63, 3.8) is 0 Å². The fraction of sp³-hybridized carbons (Fsp3) is 0.600. The van der Waals surface area contributed by atoms with E-state index in [0.717, 1.165) is 37.8 Å². The molecule has 0 radical (unpaired) electrons. The maximum absolute atomic E-state index is 13.1. The largest absolute Gasteiger partial charge is 0.393 e. The van der Waals surface area contributed by atoms with E-state index in [1.807, 2.05) is 0 Å². The van der Waals surface area contributed by atoms with Crippen LogP contribution in [-0.2, 0) is 0 Å². The smallest absolute Gasteiger partial charge is 0.159 e. The lowest BCUT2D eigenvalue weighted by molar-refractivity contribution is 0.0669. The van der Waals surface area contributed by atoms with Crippen molar-refractivity contribution in [2.75, 3.05) is 13.1 Å². The Morgan fingerprint density at radius 1 is 1.20 bits per heavy atom. The summed E-state index contributed by atoms with van der Waals surface area (Å²) in [7, 11) is 0. The highest BCUT2D eigenvalue weighted by molar-refractivity contribution is 5.20. The number of nitrogens with one attached hydrogen (secondary N) is 1. The zero-order valence-electron chi connectivity index (χ0n) is 11.4. The second-order valence-corrected chi connectivity index (χ2v) is 5.46. The Morgan fingerprint density at radius 2 is 1.95 bits per heavy atom. The summed E-state index contributed by atoms with van der Waals surface area (Å²) in [6, 6.07) is 3.40. The number of rotatable bonds is 5. The lowest BCUT2D eigenvalue weighted by Gasteiger charge is -2.28. The van der Waals surface area contributed by atoms with Crippen molar-refractivity contribution in [3.8, 4) is 0 Å². The summed E-state index contributed by atoms with van der Waals surface area (Å²) in [5.74, 6) is -1.66. The SMILES string of the molecule is OC(CNCC1CCCCC1O)c1ccc(F)c(F)c1. The number of aliphatic hydroxyl groups is 2. The van der Waals surface area contributed by atoms with E-state index in [0.29, 0.717) is 12.1 Å². The molecule has 0 saturated heterocycles. The van der Waals surface area contributed by atoms with E-state index in [2.05, 4.69) is 5.32 Å². The van der Waals surface area contributed by atoms with Crippen LogP contribution in [-0.4, -0.2) is 29.4 Å². The van der Waals surface area contributed by atoms with Gasteiger partial charge in [-0.3, -0.25) is 0 Å². The summed E-state index contributed by atoms with van der Waals surface area (Å²) in [6.45, 7) is 0.885. The summed E-state index contributed by atoms with van der Waals surface area (Å²) < 4.78 is 25.9. The predicted molar refractivity (Wildman–Crippen MR) is 72.2 cm³/mol. The molecule has 1 aromatic rings. The summed E-state index contributed by atoms with van der Waals surface area (Å²) in [4.78, 5) is 0. The second-order valence-electron chi connectivity index (χ2n) is 5.46. The second kappa shape index (κ2) is 7.11. The summed E-state index contributed by atoms with van der Waals surface area (Å²) in [5.41, 5.74) is 0.348. The molecule has 0 bridgehead atoms. The van der Waals surface area contributed by atoms with Crippen LogP contribution in [0.5, 0.6) is 0 Å². The van der Waals surface area contributed by atoms with E-state index in [9.17, 15) is 19.0 Å². The van der Waals surface area contributed by atoms with Crippen LogP contribution in [0.25, 0.3) is 0 Å². The van der Waals surface area contributed by atoms with Crippen molar-refractivity contribution in [1.29, 1.82) is 0 Å². The highest BCUT2D eigenvalue weighted by Crippen LogP contribution is 2.23. The Kier molecular flexibility index (Phi) is 5.46. The molecule has 2 rings (SSSR count). The Morgan fingerprint density at radius 3 is 2.65 bits per heavy atom. The average Bonchev–Trinajstić information content (AvgIpc) is 2.44. The molecule has 3 atom stereocenters. The zero-order chi connectivity index (χ0) is 14.5. The number of halogens is 2. The molecule has 0 amide bonds. The molecule has 0 aliphatic heterocycles. The lowest BCUT2D eigenvalue weighted by atomic mass is 9.86. The summed E-state index contributed by atoms with van der Waals surface area (Å²) >= 11 is 0. The van der Waals surface area contributed by atoms with Crippen molar-refractivity contribution in [2.45, 2.75) is 37.9 Å². The molecule has 1 aromatic carbocycles. The molecule has 20 heavy (non-hydrogen) atoms. The van der Waals surface area contributed by atoms with Crippen molar-refractivity contribution >= 4 is 0 Å². The highest BCUT2D eigenvalue weighted by Gasteiger charge is 2.22.